The Morgan fingerprint density at radius 2 is 1.79 bits per heavy atom. The minimum Gasteiger partial charge on any atom is -0.352 e. The number of carbonyl (C=O) groups excluding carboxylic acids is 1. The zero-order valence-corrected chi connectivity index (χ0v) is 16.8. The first-order chi connectivity index (χ1) is 14.1. The molecule has 0 spiro atoms. The second-order valence-corrected chi connectivity index (χ2v) is 8.07. The molecule has 1 amide bonds. The molecule has 0 bridgehead atoms. The average Bonchev–Trinajstić information content (AvgIpc) is 2.77. The molecule has 0 aliphatic carbocycles. The summed E-state index contributed by atoms with van der Waals surface area (Å²) in [6.45, 7) is 4.66. The molecule has 0 saturated carbocycles. The van der Waals surface area contributed by atoms with Gasteiger partial charge < -0.3 is 10.2 Å². The van der Waals surface area contributed by atoms with E-state index in [0.29, 0.717) is 12.6 Å². The van der Waals surface area contributed by atoms with E-state index in [-0.39, 0.29) is 17.6 Å². The van der Waals surface area contributed by atoms with E-state index >= 15 is 0 Å². The predicted octanol–water partition coefficient (Wildman–Crippen LogP) is 3.65. The van der Waals surface area contributed by atoms with Crippen LogP contribution in [0.2, 0.25) is 0 Å². The number of quaternary nitrogens is 1. The van der Waals surface area contributed by atoms with Crippen molar-refractivity contribution >= 4 is 16.7 Å². The molecule has 150 valence electrons. The first-order valence-electron chi connectivity index (χ1n) is 10.5. The lowest BCUT2D eigenvalue weighted by Gasteiger charge is -2.33. The summed E-state index contributed by atoms with van der Waals surface area (Å²) in [7, 11) is 0. The lowest BCUT2D eigenvalue weighted by Crippen LogP contribution is -3.13. The second kappa shape index (κ2) is 8.75. The molecule has 1 aliphatic heterocycles. The van der Waals surface area contributed by atoms with Gasteiger partial charge in [-0.1, -0.05) is 54.6 Å². The number of nitrogens with one attached hydrogen (secondary N) is 2. The third-order valence-corrected chi connectivity index (χ3v) is 6.26. The van der Waals surface area contributed by atoms with Gasteiger partial charge in [0.15, 0.2) is 0 Å². The molecule has 1 fully saturated rings. The van der Waals surface area contributed by atoms with Gasteiger partial charge in [-0.2, -0.15) is 0 Å². The molecule has 1 heterocycles. The van der Waals surface area contributed by atoms with Crippen molar-refractivity contribution in [3.8, 4) is 0 Å². The zero-order valence-electron chi connectivity index (χ0n) is 16.8. The van der Waals surface area contributed by atoms with Crippen LogP contribution < -0.4 is 10.2 Å². The van der Waals surface area contributed by atoms with E-state index < -0.39 is 0 Å². The van der Waals surface area contributed by atoms with Gasteiger partial charge in [0.1, 0.15) is 11.9 Å². The van der Waals surface area contributed by atoms with Crippen molar-refractivity contribution in [2.24, 2.45) is 5.92 Å². The van der Waals surface area contributed by atoms with Gasteiger partial charge in [-0.25, -0.2) is 4.39 Å². The van der Waals surface area contributed by atoms with E-state index in [0.717, 1.165) is 31.5 Å². The molecule has 2 N–H and O–H groups in total. The third kappa shape index (κ3) is 4.48. The smallest absolute Gasteiger partial charge is 0.223 e. The van der Waals surface area contributed by atoms with E-state index in [1.807, 2.05) is 6.07 Å². The fraction of sp³-hybridized carbons (Fsp3) is 0.320. The number of carbonyl (C=O) groups is 1. The van der Waals surface area contributed by atoms with Crippen LogP contribution in [0.1, 0.15) is 36.9 Å². The van der Waals surface area contributed by atoms with Crippen molar-refractivity contribution in [1.29, 1.82) is 0 Å². The maximum absolute atomic E-state index is 13.3. The molecule has 1 saturated heterocycles. The number of hydrogen-bond donors (Lipinski definition) is 2. The Balaban J connectivity index is 1.34. The van der Waals surface area contributed by atoms with E-state index in [1.165, 1.54) is 33.4 Å². The molecule has 1 aliphatic rings. The Bertz CT molecular complexity index is 990. The molecule has 4 heteroatoms. The summed E-state index contributed by atoms with van der Waals surface area (Å²) in [5, 5.41) is 5.59. The maximum atomic E-state index is 13.3. The number of rotatable bonds is 5. The van der Waals surface area contributed by atoms with Gasteiger partial charge in [-0.15, -0.1) is 0 Å². The first kappa shape index (κ1) is 19.6. The van der Waals surface area contributed by atoms with Gasteiger partial charge in [0.25, 0.3) is 0 Å². The fourth-order valence-corrected chi connectivity index (χ4v) is 4.51. The number of amides is 1. The Morgan fingerprint density at radius 3 is 2.59 bits per heavy atom. The molecule has 3 aromatic rings. The maximum Gasteiger partial charge on any atom is 0.223 e. The van der Waals surface area contributed by atoms with Crippen LogP contribution in [-0.2, 0) is 11.3 Å². The first-order valence-corrected chi connectivity index (χ1v) is 10.5. The topological polar surface area (TPSA) is 33.5 Å². The van der Waals surface area contributed by atoms with Crippen molar-refractivity contribution in [3.63, 3.8) is 0 Å². The van der Waals surface area contributed by atoms with Crippen LogP contribution in [0, 0.1) is 11.7 Å². The molecule has 3 aromatic carbocycles. The highest BCUT2D eigenvalue weighted by atomic mass is 19.1. The number of benzene rings is 3. The summed E-state index contributed by atoms with van der Waals surface area (Å²) in [6.07, 6.45) is 1.78. The van der Waals surface area contributed by atoms with Crippen LogP contribution in [-0.4, -0.2) is 19.0 Å². The quantitative estimate of drug-likeness (QED) is 0.684. The van der Waals surface area contributed by atoms with Crippen LogP contribution in [0.15, 0.2) is 66.7 Å². The van der Waals surface area contributed by atoms with E-state index in [4.69, 9.17) is 0 Å². The lowest BCUT2D eigenvalue weighted by molar-refractivity contribution is -0.935. The van der Waals surface area contributed by atoms with Gasteiger partial charge in [0.2, 0.25) is 5.91 Å². The average molecular weight is 392 g/mol. The molecule has 3 nitrogen and oxygen atoms in total. The highest BCUT2D eigenvalue weighted by Crippen LogP contribution is 2.23. The predicted molar refractivity (Wildman–Crippen MR) is 114 cm³/mol. The molecular formula is C25H28FN2O+. The van der Waals surface area contributed by atoms with Crippen molar-refractivity contribution in [1.82, 2.24) is 5.32 Å². The SMILES string of the molecule is C[C@H](c1cccc2ccccc12)[NH+]1CCC(C(=O)NCc2cccc(F)c2)CC1. The monoisotopic (exact) mass is 391 g/mol. The number of piperidine rings is 1. The van der Waals surface area contributed by atoms with Crippen molar-refractivity contribution in [2.75, 3.05) is 13.1 Å². The molecular weight excluding hydrogens is 363 g/mol. The normalized spacial score (nSPS) is 20.3. The number of hydrogen-bond acceptors (Lipinski definition) is 1. The Labute approximate surface area is 171 Å². The number of halogens is 1. The van der Waals surface area contributed by atoms with Gasteiger partial charge in [-0.3, -0.25) is 4.79 Å². The number of fused-ring (bicyclic) bond motifs is 1. The largest absolute Gasteiger partial charge is 0.352 e. The van der Waals surface area contributed by atoms with Crippen LogP contribution in [0.5, 0.6) is 0 Å². The van der Waals surface area contributed by atoms with Crippen LogP contribution in [0.4, 0.5) is 4.39 Å². The van der Waals surface area contributed by atoms with Crippen molar-refractivity contribution < 1.29 is 14.1 Å². The van der Waals surface area contributed by atoms with Gasteiger partial charge in [0.05, 0.1) is 13.1 Å². The Morgan fingerprint density at radius 1 is 1.07 bits per heavy atom. The van der Waals surface area contributed by atoms with Gasteiger partial charge in [0, 0.05) is 30.9 Å². The molecule has 0 aromatic heterocycles. The summed E-state index contributed by atoms with van der Waals surface area (Å²) in [6, 6.07) is 21.9. The Hall–Kier alpha value is -2.72. The Kier molecular flexibility index (Phi) is 5.91. The van der Waals surface area contributed by atoms with Gasteiger partial charge in [-0.05, 0) is 35.4 Å². The highest BCUT2D eigenvalue weighted by Gasteiger charge is 2.30. The fourth-order valence-electron chi connectivity index (χ4n) is 4.51. The summed E-state index contributed by atoms with van der Waals surface area (Å²) in [5.74, 6) is -0.130. The minimum atomic E-state index is -0.268. The highest BCUT2D eigenvalue weighted by molar-refractivity contribution is 5.85. The molecule has 4 rings (SSSR count). The van der Waals surface area contributed by atoms with Gasteiger partial charge >= 0.3 is 0 Å². The zero-order chi connectivity index (χ0) is 20.2. The molecule has 0 unspecified atom stereocenters. The molecule has 0 radical (unpaired) electrons. The summed E-state index contributed by atoms with van der Waals surface area (Å²) >= 11 is 0. The van der Waals surface area contributed by atoms with E-state index in [1.54, 1.807) is 6.07 Å². The standard InChI is InChI=1S/C25H27FN2O/c1-18(23-11-5-8-20-7-2-3-10-24(20)23)28-14-12-21(13-15-28)25(29)27-17-19-6-4-9-22(26)16-19/h2-11,16,18,21H,12-15,17H2,1H3,(H,27,29)/p+1/t18-/m1/s1. The summed E-state index contributed by atoms with van der Waals surface area (Å²) in [4.78, 5) is 14.1. The van der Waals surface area contributed by atoms with E-state index in [9.17, 15) is 9.18 Å². The summed E-state index contributed by atoms with van der Waals surface area (Å²) in [5.41, 5.74) is 2.18. The lowest BCUT2D eigenvalue weighted by atomic mass is 9.92. The van der Waals surface area contributed by atoms with Crippen LogP contribution >= 0.6 is 0 Å². The molecule has 1 atom stereocenters. The minimum absolute atomic E-state index is 0.0482. The van der Waals surface area contributed by atoms with Crippen molar-refractivity contribution in [3.05, 3.63) is 83.7 Å². The second-order valence-electron chi connectivity index (χ2n) is 8.07. The van der Waals surface area contributed by atoms with Crippen LogP contribution in [0.25, 0.3) is 10.8 Å². The third-order valence-electron chi connectivity index (χ3n) is 6.26. The molecule has 29 heavy (non-hydrogen) atoms. The number of likely N-dealkylation sites (tertiary alicyclic amines) is 1. The van der Waals surface area contributed by atoms with E-state index in [2.05, 4.69) is 54.7 Å². The van der Waals surface area contributed by atoms with Crippen LogP contribution in [0.3, 0.4) is 0 Å². The van der Waals surface area contributed by atoms with Crippen molar-refractivity contribution in [2.45, 2.75) is 32.4 Å². The summed E-state index contributed by atoms with van der Waals surface area (Å²) < 4.78 is 13.3.